The molecule has 0 N–H and O–H groups in total. The van der Waals surface area contributed by atoms with Crippen molar-refractivity contribution < 1.29 is 18.1 Å². The third-order valence-corrected chi connectivity index (χ3v) is 5.06. The molecule has 1 unspecified atom stereocenters. The van der Waals surface area contributed by atoms with Crippen molar-refractivity contribution in [1.82, 2.24) is 4.31 Å². The van der Waals surface area contributed by atoms with Gasteiger partial charge < -0.3 is 4.74 Å². The molecular weight excluding hydrogens is 322 g/mol. The first-order chi connectivity index (χ1) is 9.86. The fourth-order valence-electron chi connectivity index (χ4n) is 1.91. The maximum atomic E-state index is 12.5. The summed E-state index contributed by atoms with van der Waals surface area (Å²) in [6.45, 7) is -0.0856. The normalized spacial score (nSPS) is 19.9. The zero-order valence-corrected chi connectivity index (χ0v) is 12.2. The molecule has 1 fully saturated rings. The standard InChI is InChI=1S/C11H10ClN3O5S/c12-8-1-2-11(10(5-8)15(16)17)21(18,19)14-3-4-20-9(6-13)7-14/h1-2,5,9H,3-4,7H2. The van der Waals surface area contributed by atoms with E-state index in [1.807, 2.05) is 6.07 Å². The summed E-state index contributed by atoms with van der Waals surface area (Å²) in [6.07, 6.45) is -0.889. The van der Waals surface area contributed by atoms with Gasteiger partial charge in [-0.3, -0.25) is 10.1 Å². The van der Waals surface area contributed by atoms with Gasteiger partial charge in [0.1, 0.15) is 0 Å². The van der Waals surface area contributed by atoms with Gasteiger partial charge in [0.2, 0.25) is 10.0 Å². The highest BCUT2D eigenvalue weighted by atomic mass is 35.5. The Hall–Kier alpha value is -1.73. The quantitative estimate of drug-likeness (QED) is 0.606. The van der Waals surface area contributed by atoms with Crippen molar-refractivity contribution in [2.75, 3.05) is 19.7 Å². The summed E-state index contributed by atoms with van der Waals surface area (Å²) in [5, 5.41) is 19.9. The maximum Gasteiger partial charge on any atom is 0.290 e. The predicted octanol–water partition coefficient (Wildman–Crippen LogP) is 1.16. The number of halogens is 1. The number of sulfonamides is 1. The SMILES string of the molecule is N#CC1CN(S(=O)(=O)c2ccc(Cl)cc2[N+](=O)[O-])CCO1. The summed E-state index contributed by atoms with van der Waals surface area (Å²) in [4.78, 5) is 9.76. The molecule has 0 aliphatic carbocycles. The van der Waals surface area contributed by atoms with E-state index in [1.165, 1.54) is 6.07 Å². The Labute approximate surface area is 125 Å². The fraction of sp³-hybridized carbons (Fsp3) is 0.364. The number of rotatable bonds is 3. The van der Waals surface area contributed by atoms with E-state index < -0.39 is 31.6 Å². The highest BCUT2D eigenvalue weighted by molar-refractivity contribution is 7.89. The van der Waals surface area contributed by atoms with Gasteiger partial charge in [-0.2, -0.15) is 9.57 Å². The van der Waals surface area contributed by atoms with Crippen LogP contribution in [-0.4, -0.2) is 43.4 Å². The second kappa shape index (κ2) is 5.95. The molecule has 1 heterocycles. The number of hydrogen-bond acceptors (Lipinski definition) is 6. The lowest BCUT2D eigenvalue weighted by Crippen LogP contribution is -2.45. The van der Waals surface area contributed by atoms with E-state index in [9.17, 15) is 18.5 Å². The predicted molar refractivity (Wildman–Crippen MR) is 72.2 cm³/mol. The van der Waals surface area contributed by atoms with Gasteiger partial charge in [-0.15, -0.1) is 0 Å². The van der Waals surface area contributed by atoms with Gasteiger partial charge in [-0.1, -0.05) is 11.6 Å². The molecule has 1 aliphatic rings. The summed E-state index contributed by atoms with van der Waals surface area (Å²) in [5.41, 5.74) is -0.595. The van der Waals surface area contributed by atoms with Crippen LogP contribution in [0.4, 0.5) is 5.69 Å². The van der Waals surface area contributed by atoms with E-state index >= 15 is 0 Å². The smallest absolute Gasteiger partial charge is 0.290 e. The van der Waals surface area contributed by atoms with E-state index in [2.05, 4.69) is 0 Å². The Kier molecular flexibility index (Phi) is 4.43. The van der Waals surface area contributed by atoms with E-state index in [4.69, 9.17) is 21.6 Å². The number of morpholine rings is 1. The van der Waals surface area contributed by atoms with Crippen LogP contribution in [0.25, 0.3) is 0 Å². The van der Waals surface area contributed by atoms with Crippen molar-refractivity contribution in [2.24, 2.45) is 0 Å². The molecule has 0 bridgehead atoms. The second-order valence-electron chi connectivity index (χ2n) is 4.22. The first kappa shape index (κ1) is 15.7. The van der Waals surface area contributed by atoms with Gasteiger partial charge in [0.25, 0.3) is 5.69 Å². The van der Waals surface area contributed by atoms with Crippen LogP contribution in [0.3, 0.4) is 0 Å². The van der Waals surface area contributed by atoms with Crippen molar-refractivity contribution in [1.29, 1.82) is 5.26 Å². The molecule has 8 nitrogen and oxygen atoms in total. The lowest BCUT2D eigenvalue weighted by Gasteiger charge is -2.28. The molecule has 0 spiro atoms. The van der Waals surface area contributed by atoms with E-state index in [-0.39, 0.29) is 24.7 Å². The molecule has 10 heteroatoms. The van der Waals surface area contributed by atoms with Crippen LogP contribution in [0, 0.1) is 21.4 Å². The monoisotopic (exact) mass is 331 g/mol. The number of nitro benzene ring substituents is 1. The van der Waals surface area contributed by atoms with Gasteiger partial charge in [-0.05, 0) is 12.1 Å². The zero-order valence-electron chi connectivity index (χ0n) is 10.6. The number of hydrogen-bond donors (Lipinski definition) is 0. The first-order valence-corrected chi connectivity index (χ1v) is 7.63. The molecule has 1 aliphatic heterocycles. The molecule has 1 aromatic rings. The van der Waals surface area contributed by atoms with Gasteiger partial charge in [0, 0.05) is 17.6 Å². The summed E-state index contributed by atoms with van der Waals surface area (Å²) >= 11 is 5.67. The number of ether oxygens (including phenoxy) is 1. The first-order valence-electron chi connectivity index (χ1n) is 5.81. The van der Waals surface area contributed by atoms with Crippen LogP contribution in [0.2, 0.25) is 5.02 Å². The van der Waals surface area contributed by atoms with Crippen LogP contribution in [0.1, 0.15) is 0 Å². The lowest BCUT2D eigenvalue weighted by molar-refractivity contribution is -0.387. The number of nitrogens with zero attached hydrogens (tertiary/aromatic N) is 3. The molecule has 0 saturated carbocycles. The number of nitro groups is 1. The maximum absolute atomic E-state index is 12.5. The third-order valence-electron chi connectivity index (χ3n) is 2.91. The van der Waals surface area contributed by atoms with Crippen LogP contribution in [-0.2, 0) is 14.8 Å². The minimum absolute atomic E-state index is 0.0281. The molecule has 21 heavy (non-hydrogen) atoms. The van der Waals surface area contributed by atoms with Crippen LogP contribution in [0.15, 0.2) is 23.1 Å². The summed E-state index contributed by atoms with van der Waals surface area (Å²) in [7, 11) is -4.10. The molecule has 1 saturated heterocycles. The van der Waals surface area contributed by atoms with Gasteiger partial charge in [0.15, 0.2) is 11.0 Å². The molecule has 0 radical (unpaired) electrons. The summed E-state index contributed by atoms with van der Waals surface area (Å²) in [6, 6.07) is 5.16. The third kappa shape index (κ3) is 3.14. The van der Waals surface area contributed by atoms with Crippen molar-refractivity contribution in [3.8, 4) is 6.07 Å². The van der Waals surface area contributed by atoms with E-state index in [0.717, 1.165) is 16.4 Å². The molecule has 2 rings (SSSR count). The van der Waals surface area contributed by atoms with E-state index in [1.54, 1.807) is 0 Å². The topological polar surface area (TPSA) is 114 Å². The molecular formula is C11H10ClN3O5S. The van der Waals surface area contributed by atoms with Crippen LogP contribution >= 0.6 is 11.6 Å². The summed E-state index contributed by atoms with van der Waals surface area (Å²) in [5.74, 6) is 0. The Morgan fingerprint density at radius 3 is 2.86 bits per heavy atom. The summed E-state index contributed by atoms with van der Waals surface area (Å²) < 4.78 is 31.1. The Morgan fingerprint density at radius 2 is 2.24 bits per heavy atom. The Bertz CT molecular complexity index is 715. The average molecular weight is 332 g/mol. The zero-order chi connectivity index (χ0) is 15.6. The Balaban J connectivity index is 2.45. The van der Waals surface area contributed by atoms with Crippen LogP contribution in [0.5, 0.6) is 0 Å². The van der Waals surface area contributed by atoms with Crippen molar-refractivity contribution in [3.63, 3.8) is 0 Å². The number of nitriles is 1. The van der Waals surface area contributed by atoms with Gasteiger partial charge >= 0.3 is 0 Å². The van der Waals surface area contributed by atoms with Gasteiger partial charge in [0.05, 0.1) is 24.1 Å². The van der Waals surface area contributed by atoms with Crippen molar-refractivity contribution >= 4 is 27.3 Å². The average Bonchev–Trinajstić information content (AvgIpc) is 2.46. The van der Waals surface area contributed by atoms with E-state index in [0.29, 0.717) is 0 Å². The highest BCUT2D eigenvalue weighted by Gasteiger charge is 2.35. The van der Waals surface area contributed by atoms with Gasteiger partial charge in [-0.25, -0.2) is 8.42 Å². The molecule has 0 amide bonds. The van der Waals surface area contributed by atoms with Crippen molar-refractivity contribution in [3.05, 3.63) is 33.3 Å². The molecule has 0 aromatic heterocycles. The minimum atomic E-state index is -4.10. The molecule has 1 atom stereocenters. The second-order valence-corrected chi connectivity index (χ2v) is 6.56. The molecule has 112 valence electrons. The highest BCUT2D eigenvalue weighted by Crippen LogP contribution is 2.30. The lowest BCUT2D eigenvalue weighted by atomic mass is 10.3. The largest absolute Gasteiger partial charge is 0.361 e. The van der Waals surface area contributed by atoms with Crippen LogP contribution < -0.4 is 0 Å². The fourth-order valence-corrected chi connectivity index (χ4v) is 3.64. The van der Waals surface area contributed by atoms with Crippen molar-refractivity contribution in [2.45, 2.75) is 11.0 Å². The molecule has 1 aromatic carbocycles. The Morgan fingerprint density at radius 1 is 1.52 bits per heavy atom. The minimum Gasteiger partial charge on any atom is -0.361 e. The number of benzene rings is 1.